The Morgan fingerprint density at radius 2 is 2.21 bits per heavy atom. The molecule has 0 heterocycles. The molecule has 2 nitrogen and oxygen atoms in total. The third kappa shape index (κ3) is 2.34. The zero-order valence-corrected chi connectivity index (χ0v) is 8.79. The lowest BCUT2D eigenvalue weighted by molar-refractivity contribution is -0.110. The van der Waals surface area contributed by atoms with Gasteiger partial charge in [0, 0.05) is 11.6 Å². The zero-order chi connectivity index (χ0) is 10.6. The first-order chi connectivity index (χ1) is 6.69. The molecule has 76 valence electrons. The van der Waals surface area contributed by atoms with Crippen LogP contribution in [0, 0.1) is 5.92 Å². The summed E-state index contributed by atoms with van der Waals surface area (Å²) in [7, 11) is 0. The fraction of sp³-hybridized carbons (Fsp3) is 0.417. The van der Waals surface area contributed by atoms with E-state index in [-0.39, 0.29) is 5.92 Å². The van der Waals surface area contributed by atoms with Crippen molar-refractivity contribution in [1.82, 2.24) is 0 Å². The lowest BCUT2D eigenvalue weighted by atomic mass is 9.95. The molecule has 0 aliphatic carbocycles. The number of carbonyl (C=O) groups excluding carboxylic acids is 1. The van der Waals surface area contributed by atoms with Crippen LogP contribution in [0.25, 0.3) is 0 Å². The van der Waals surface area contributed by atoms with E-state index in [0.29, 0.717) is 0 Å². The highest BCUT2D eigenvalue weighted by Gasteiger charge is 2.07. The molecule has 0 saturated heterocycles. The van der Waals surface area contributed by atoms with Gasteiger partial charge in [0.2, 0.25) is 0 Å². The van der Waals surface area contributed by atoms with Gasteiger partial charge < -0.3 is 10.5 Å². The van der Waals surface area contributed by atoms with Crippen LogP contribution in [0.2, 0.25) is 0 Å². The van der Waals surface area contributed by atoms with Crippen molar-refractivity contribution < 1.29 is 4.79 Å². The van der Waals surface area contributed by atoms with Crippen LogP contribution >= 0.6 is 0 Å². The van der Waals surface area contributed by atoms with Gasteiger partial charge in [0.1, 0.15) is 6.29 Å². The lowest BCUT2D eigenvalue weighted by Gasteiger charge is -2.11. The summed E-state index contributed by atoms with van der Waals surface area (Å²) in [5, 5.41) is 0. The normalized spacial score (nSPS) is 12.4. The molecule has 2 heteroatoms. The molecule has 0 amide bonds. The van der Waals surface area contributed by atoms with Crippen LogP contribution in [0.3, 0.4) is 0 Å². The number of hydrogen-bond acceptors (Lipinski definition) is 2. The SMILES string of the molecule is CCc1c(N)cccc1CC(C)C=O. The summed E-state index contributed by atoms with van der Waals surface area (Å²) in [4.78, 5) is 10.6. The molecule has 1 atom stereocenters. The first-order valence-corrected chi connectivity index (χ1v) is 5.00. The van der Waals surface area contributed by atoms with Gasteiger partial charge in [-0.05, 0) is 30.0 Å². The molecule has 0 aliphatic rings. The maximum atomic E-state index is 10.6. The van der Waals surface area contributed by atoms with Gasteiger partial charge in [-0.15, -0.1) is 0 Å². The number of hydrogen-bond donors (Lipinski definition) is 1. The van der Waals surface area contributed by atoms with Gasteiger partial charge in [0.05, 0.1) is 0 Å². The summed E-state index contributed by atoms with van der Waals surface area (Å²) < 4.78 is 0. The fourth-order valence-corrected chi connectivity index (χ4v) is 1.67. The van der Waals surface area contributed by atoms with E-state index in [4.69, 9.17) is 5.73 Å². The van der Waals surface area contributed by atoms with E-state index in [0.717, 1.165) is 24.8 Å². The topological polar surface area (TPSA) is 43.1 Å². The minimum Gasteiger partial charge on any atom is -0.398 e. The Morgan fingerprint density at radius 3 is 2.79 bits per heavy atom. The fourth-order valence-electron chi connectivity index (χ4n) is 1.67. The average molecular weight is 191 g/mol. The van der Waals surface area contributed by atoms with Gasteiger partial charge in [0.25, 0.3) is 0 Å². The predicted octanol–water partition coefficient (Wildman–Crippen LogP) is 2.21. The first-order valence-electron chi connectivity index (χ1n) is 5.00. The van der Waals surface area contributed by atoms with Crippen molar-refractivity contribution in [3.05, 3.63) is 29.3 Å². The van der Waals surface area contributed by atoms with Gasteiger partial charge in [-0.3, -0.25) is 0 Å². The van der Waals surface area contributed by atoms with Crippen LogP contribution in [0.1, 0.15) is 25.0 Å². The molecule has 0 saturated carbocycles. The number of carbonyl (C=O) groups is 1. The third-order valence-electron chi connectivity index (χ3n) is 2.44. The van der Waals surface area contributed by atoms with Crippen LogP contribution in [0.4, 0.5) is 5.69 Å². The van der Waals surface area contributed by atoms with Crippen molar-refractivity contribution >= 4 is 12.0 Å². The number of nitrogen functional groups attached to an aromatic ring is 1. The van der Waals surface area contributed by atoms with Gasteiger partial charge in [0.15, 0.2) is 0 Å². The number of rotatable bonds is 4. The third-order valence-corrected chi connectivity index (χ3v) is 2.44. The monoisotopic (exact) mass is 191 g/mol. The Hall–Kier alpha value is -1.31. The summed E-state index contributed by atoms with van der Waals surface area (Å²) in [5.41, 5.74) is 9.08. The Kier molecular flexibility index (Phi) is 3.69. The Bertz CT molecular complexity index is 320. The maximum absolute atomic E-state index is 10.6. The average Bonchev–Trinajstić information content (AvgIpc) is 2.18. The second kappa shape index (κ2) is 4.80. The van der Waals surface area contributed by atoms with Gasteiger partial charge >= 0.3 is 0 Å². The Morgan fingerprint density at radius 1 is 1.50 bits per heavy atom. The summed E-state index contributed by atoms with van der Waals surface area (Å²) in [6.07, 6.45) is 2.70. The van der Waals surface area contributed by atoms with Crippen LogP contribution in [0.5, 0.6) is 0 Å². The van der Waals surface area contributed by atoms with Crippen LogP contribution in [-0.4, -0.2) is 6.29 Å². The molecule has 1 aromatic carbocycles. The number of anilines is 1. The molecular weight excluding hydrogens is 174 g/mol. The van der Waals surface area contributed by atoms with Gasteiger partial charge in [-0.1, -0.05) is 26.0 Å². The van der Waals surface area contributed by atoms with Crippen LogP contribution < -0.4 is 5.73 Å². The predicted molar refractivity (Wildman–Crippen MR) is 59.2 cm³/mol. The highest BCUT2D eigenvalue weighted by atomic mass is 16.1. The smallest absolute Gasteiger partial charge is 0.123 e. The quantitative estimate of drug-likeness (QED) is 0.585. The molecule has 14 heavy (non-hydrogen) atoms. The molecule has 1 unspecified atom stereocenters. The Balaban J connectivity index is 2.95. The first kappa shape index (κ1) is 10.8. The number of aldehydes is 1. The largest absolute Gasteiger partial charge is 0.398 e. The number of nitrogens with two attached hydrogens (primary N) is 1. The summed E-state index contributed by atoms with van der Waals surface area (Å²) >= 11 is 0. The molecule has 2 N–H and O–H groups in total. The minimum absolute atomic E-state index is 0.0714. The number of benzene rings is 1. The van der Waals surface area contributed by atoms with E-state index < -0.39 is 0 Å². The van der Waals surface area contributed by atoms with Gasteiger partial charge in [-0.25, -0.2) is 0 Å². The molecule has 0 radical (unpaired) electrons. The second-order valence-electron chi connectivity index (χ2n) is 3.66. The van der Waals surface area contributed by atoms with Gasteiger partial charge in [-0.2, -0.15) is 0 Å². The Labute approximate surface area is 85.1 Å². The van der Waals surface area contributed by atoms with E-state index in [1.807, 2.05) is 19.1 Å². The zero-order valence-electron chi connectivity index (χ0n) is 8.79. The molecule has 1 aromatic rings. The van der Waals surface area contributed by atoms with Crippen LogP contribution in [0.15, 0.2) is 18.2 Å². The summed E-state index contributed by atoms with van der Waals surface area (Å²) in [6.45, 7) is 4.01. The van der Waals surface area contributed by atoms with Crippen molar-refractivity contribution in [1.29, 1.82) is 0 Å². The van der Waals surface area contributed by atoms with E-state index in [1.165, 1.54) is 11.1 Å². The van der Waals surface area contributed by atoms with Crippen molar-refractivity contribution in [3.8, 4) is 0 Å². The highest BCUT2D eigenvalue weighted by Crippen LogP contribution is 2.20. The van der Waals surface area contributed by atoms with Crippen molar-refractivity contribution in [2.75, 3.05) is 5.73 Å². The molecule has 0 aromatic heterocycles. The summed E-state index contributed by atoms with van der Waals surface area (Å²) in [5.74, 6) is 0.0714. The molecular formula is C12H17NO. The van der Waals surface area contributed by atoms with E-state index in [9.17, 15) is 4.79 Å². The molecule has 1 rings (SSSR count). The maximum Gasteiger partial charge on any atom is 0.123 e. The minimum atomic E-state index is 0.0714. The van der Waals surface area contributed by atoms with Crippen molar-refractivity contribution in [3.63, 3.8) is 0 Å². The van der Waals surface area contributed by atoms with E-state index in [2.05, 4.69) is 13.0 Å². The van der Waals surface area contributed by atoms with Crippen molar-refractivity contribution in [2.45, 2.75) is 26.7 Å². The molecule has 0 spiro atoms. The summed E-state index contributed by atoms with van der Waals surface area (Å²) in [6, 6.07) is 5.91. The highest BCUT2D eigenvalue weighted by molar-refractivity contribution is 5.56. The van der Waals surface area contributed by atoms with E-state index >= 15 is 0 Å². The lowest BCUT2D eigenvalue weighted by Crippen LogP contribution is -2.05. The standard InChI is InChI=1S/C12H17NO/c1-3-11-10(7-9(2)8-14)5-4-6-12(11)13/h4-6,8-9H,3,7,13H2,1-2H3. The second-order valence-corrected chi connectivity index (χ2v) is 3.66. The van der Waals surface area contributed by atoms with Crippen LogP contribution in [-0.2, 0) is 17.6 Å². The molecule has 0 aliphatic heterocycles. The van der Waals surface area contributed by atoms with E-state index in [1.54, 1.807) is 0 Å². The van der Waals surface area contributed by atoms with Crippen molar-refractivity contribution in [2.24, 2.45) is 5.92 Å². The molecule has 0 bridgehead atoms. The molecule has 0 fully saturated rings.